The fourth-order valence-corrected chi connectivity index (χ4v) is 2.93. The van der Waals surface area contributed by atoms with Gasteiger partial charge >= 0.3 is 0 Å². The molecule has 0 radical (unpaired) electrons. The van der Waals surface area contributed by atoms with Crippen LogP contribution < -0.4 is 5.73 Å². The van der Waals surface area contributed by atoms with Crippen LogP contribution in [0.5, 0.6) is 0 Å². The summed E-state index contributed by atoms with van der Waals surface area (Å²) < 4.78 is 4.00. The van der Waals surface area contributed by atoms with Crippen molar-refractivity contribution in [3.05, 3.63) is 34.7 Å². The third kappa shape index (κ3) is 1.65. The summed E-state index contributed by atoms with van der Waals surface area (Å²) in [6, 6.07) is 2.06. The van der Waals surface area contributed by atoms with Crippen LogP contribution in [0.4, 0.5) is 0 Å². The van der Waals surface area contributed by atoms with Crippen molar-refractivity contribution in [2.75, 3.05) is 6.54 Å². The van der Waals surface area contributed by atoms with E-state index in [-0.39, 0.29) is 0 Å². The van der Waals surface area contributed by atoms with Crippen molar-refractivity contribution in [2.24, 2.45) is 5.73 Å². The maximum atomic E-state index is 5.70. The lowest BCUT2D eigenvalue weighted by atomic mass is 10.3. The van der Waals surface area contributed by atoms with Gasteiger partial charge in [-0.2, -0.15) is 10.1 Å². The van der Waals surface area contributed by atoms with Gasteiger partial charge in [-0.1, -0.05) is 0 Å². The van der Waals surface area contributed by atoms with Crippen LogP contribution in [0, 0.1) is 13.8 Å². The number of aryl methyl sites for hydroxylation is 2. The summed E-state index contributed by atoms with van der Waals surface area (Å²) in [5.74, 6) is 0.901. The molecule has 0 aliphatic carbocycles. The first-order chi connectivity index (χ1) is 8.70. The molecule has 0 amide bonds. The highest BCUT2D eigenvalue weighted by molar-refractivity contribution is 7.15. The zero-order valence-corrected chi connectivity index (χ0v) is 11.2. The normalized spacial score (nSPS) is 11.5. The van der Waals surface area contributed by atoms with Crippen LogP contribution in [0.3, 0.4) is 0 Å². The van der Waals surface area contributed by atoms with Gasteiger partial charge in [-0.15, -0.1) is 11.3 Å². The number of nitrogens with two attached hydrogens (primary N) is 1. The Morgan fingerprint density at radius 2 is 2.22 bits per heavy atom. The molecule has 3 aromatic heterocycles. The lowest BCUT2D eigenvalue weighted by molar-refractivity contribution is 0.786. The molecule has 0 saturated heterocycles. The molecule has 0 fully saturated rings. The standard InChI is InChI=1S/C12H15N5S/c1-8-7-9(2)17(15-8)11-10(3-4-13)16-5-6-18-12(16)14-11/h5-7H,3-4,13H2,1-2H3. The van der Waals surface area contributed by atoms with Crippen molar-refractivity contribution in [1.82, 2.24) is 19.2 Å². The Morgan fingerprint density at radius 3 is 2.89 bits per heavy atom. The average molecular weight is 261 g/mol. The summed E-state index contributed by atoms with van der Waals surface area (Å²) in [5.41, 5.74) is 8.92. The molecule has 94 valence electrons. The van der Waals surface area contributed by atoms with Gasteiger partial charge in [0.05, 0.1) is 11.4 Å². The average Bonchev–Trinajstić information content (AvgIpc) is 2.96. The van der Waals surface area contributed by atoms with Gasteiger partial charge in [0.2, 0.25) is 0 Å². The van der Waals surface area contributed by atoms with Crippen LogP contribution in [0.1, 0.15) is 17.1 Å². The van der Waals surface area contributed by atoms with Crippen molar-refractivity contribution in [3.8, 4) is 5.82 Å². The molecule has 18 heavy (non-hydrogen) atoms. The van der Waals surface area contributed by atoms with Crippen molar-refractivity contribution >= 4 is 16.3 Å². The lowest BCUT2D eigenvalue weighted by Crippen LogP contribution is -2.09. The van der Waals surface area contributed by atoms with Crippen LogP contribution in [0.25, 0.3) is 10.8 Å². The van der Waals surface area contributed by atoms with Gasteiger partial charge in [0.15, 0.2) is 10.8 Å². The summed E-state index contributed by atoms with van der Waals surface area (Å²) >= 11 is 1.63. The first-order valence-electron chi connectivity index (χ1n) is 5.89. The van der Waals surface area contributed by atoms with Crippen LogP contribution >= 0.6 is 11.3 Å². The molecule has 0 spiro atoms. The molecule has 0 aromatic carbocycles. The minimum absolute atomic E-state index is 0.607. The van der Waals surface area contributed by atoms with Gasteiger partial charge in [-0.05, 0) is 26.5 Å². The fourth-order valence-electron chi connectivity index (χ4n) is 2.20. The molecule has 3 rings (SSSR count). The van der Waals surface area contributed by atoms with E-state index in [0.29, 0.717) is 6.54 Å². The Morgan fingerprint density at radius 1 is 1.39 bits per heavy atom. The molecule has 0 saturated carbocycles. The molecular weight excluding hydrogens is 246 g/mol. The number of hydrogen-bond acceptors (Lipinski definition) is 4. The highest BCUT2D eigenvalue weighted by atomic mass is 32.1. The zero-order chi connectivity index (χ0) is 12.7. The van der Waals surface area contributed by atoms with Crippen molar-refractivity contribution in [3.63, 3.8) is 0 Å². The summed E-state index contributed by atoms with van der Waals surface area (Å²) in [6.45, 7) is 4.64. The Balaban J connectivity index is 2.24. The molecule has 0 atom stereocenters. The Kier molecular flexibility index (Phi) is 2.68. The number of nitrogens with zero attached hydrogens (tertiary/aromatic N) is 4. The summed E-state index contributed by atoms with van der Waals surface area (Å²) in [7, 11) is 0. The molecule has 2 N–H and O–H groups in total. The topological polar surface area (TPSA) is 61.1 Å². The van der Waals surface area contributed by atoms with Gasteiger partial charge in [-0.3, -0.25) is 4.40 Å². The van der Waals surface area contributed by atoms with E-state index < -0.39 is 0 Å². The highest BCUT2D eigenvalue weighted by Crippen LogP contribution is 2.22. The first kappa shape index (κ1) is 11.4. The van der Waals surface area contributed by atoms with Gasteiger partial charge in [0, 0.05) is 23.7 Å². The number of fused-ring (bicyclic) bond motifs is 1. The van der Waals surface area contributed by atoms with E-state index in [1.807, 2.05) is 30.1 Å². The number of imidazole rings is 1. The van der Waals surface area contributed by atoms with Gasteiger partial charge in [0.1, 0.15) is 0 Å². The number of rotatable bonds is 3. The van der Waals surface area contributed by atoms with Crippen LogP contribution in [-0.2, 0) is 6.42 Å². The quantitative estimate of drug-likeness (QED) is 0.780. The summed E-state index contributed by atoms with van der Waals surface area (Å²) in [6.07, 6.45) is 2.83. The second kappa shape index (κ2) is 4.22. The van der Waals surface area contributed by atoms with E-state index in [4.69, 9.17) is 5.73 Å². The predicted octanol–water partition coefficient (Wildman–Crippen LogP) is 1.70. The molecule has 6 heteroatoms. The number of aromatic nitrogens is 4. The zero-order valence-electron chi connectivity index (χ0n) is 10.4. The predicted molar refractivity (Wildman–Crippen MR) is 72.4 cm³/mol. The van der Waals surface area contributed by atoms with Gasteiger partial charge in [0.25, 0.3) is 0 Å². The van der Waals surface area contributed by atoms with Gasteiger partial charge < -0.3 is 5.73 Å². The van der Waals surface area contributed by atoms with Crippen LogP contribution in [-0.4, -0.2) is 25.7 Å². The largest absolute Gasteiger partial charge is 0.330 e. The van der Waals surface area contributed by atoms with E-state index >= 15 is 0 Å². The molecule has 0 aliphatic rings. The SMILES string of the molecule is Cc1cc(C)n(-c2nc3sccn3c2CCN)n1. The van der Waals surface area contributed by atoms with Gasteiger partial charge in [-0.25, -0.2) is 4.68 Å². The minimum atomic E-state index is 0.607. The third-order valence-electron chi connectivity index (χ3n) is 2.93. The molecular formula is C12H15N5S. The number of hydrogen-bond donors (Lipinski definition) is 1. The van der Waals surface area contributed by atoms with Crippen molar-refractivity contribution in [2.45, 2.75) is 20.3 Å². The van der Waals surface area contributed by atoms with E-state index in [0.717, 1.165) is 34.3 Å². The lowest BCUT2D eigenvalue weighted by Gasteiger charge is -2.04. The third-order valence-corrected chi connectivity index (χ3v) is 3.69. The fraction of sp³-hybridized carbons (Fsp3) is 0.333. The molecule has 0 aliphatic heterocycles. The molecule has 3 aromatic rings. The monoisotopic (exact) mass is 261 g/mol. The van der Waals surface area contributed by atoms with E-state index in [2.05, 4.69) is 20.5 Å². The second-order valence-electron chi connectivity index (χ2n) is 4.32. The first-order valence-corrected chi connectivity index (χ1v) is 6.77. The molecule has 0 bridgehead atoms. The Hall–Kier alpha value is -1.66. The highest BCUT2D eigenvalue weighted by Gasteiger charge is 2.16. The maximum Gasteiger partial charge on any atom is 0.195 e. The Bertz CT molecular complexity index is 691. The summed E-state index contributed by atoms with van der Waals surface area (Å²) in [4.78, 5) is 5.65. The van der Waals surface area contributed by atoms with E-state index in [1.165, 1.54) is 0 Å². The smallest absolute Gasteiger partial charge is 0.195 e. The summed E-state index contributed by atoms with van der Waals surface area (Å²) in [5, 5.41) is 6.54. The van der Waals surface area contributed by atoms with Crippen molar-refractivity contribution in [1.29, 1.82) is 0 Å². The molecule has 5 nitrogen and oxygen atoms in total. The van der Waals surface area contributed by atoms with Crippen molar-refractivity contribution < 1.29 is 0 Å². The second-order valence-corrected chi connectivity index (χ2v) is 5.19. The van der Waals surface area contributed by atoms with Crippen LogP contribution in [0.15, 0.2) is 17.6 Å². The molecule has 3 heterocycles. The van der Waals surface area contributed by atoms with Crippen LogP contribution in [0.2, 0.25) is 0 Å². The van der Waals surface area contributed by atoms with E-state index in [1.54, 1.807) is 11.3 Å². The minimum Gasteiger partial charge on any atom is -0.330 e. The molecule has 0 unspecified atom stereocenters. The maximum absolute atomic E-state index is 5.70. The number of thiazole rings is 1. The van der Waals surface area contributed by atoms with E-state index in [9.17, 15) is 0 Å². The Labute approximate surface area is 109 Å².